The van der Waals surface area contributed by atoms with Gasteiger partial charge in [0.15, 0.2) is 11.6 Å². The molecule has 0 saturated heterocycles. The second-order valence-electron chi connectivity index (χ2n) is 5.46. The van der Waals surface area contributed by atoms with Crippen LogP contribution in [-0.2, 0) is 9.47 Å². The summed E-state index contributed by atoms with van der Waals surface area (Å²) in [5, 5.41) is 0. The fourth-order valence-electron chi connectivity index (χ4n) is 2.26. The van der Waals surface area contributed by atoms with E-state index in [-0.39, 0.29) is 22.5 Å². The number of nitrogens with one attached hydrogen (secondary N) is 2. The van der Waals surface area contributed by atoms with E-state index in [4.69, 9.17) is 22.9 Å². The summed E-state index contributed by atoms with van der Waals surface area (Å²) < 4.78 is 37.4. The first-order valence-electron chi connectivity index (χ1n) is 7.57. The quantitative estimate of drug-likeness (QED) is 0.245. The van der Waals surface area contributed by atoms with Crippen molar-refractivity contribution >= 4 is 46.1 Å². The molecule has 0 saturated carbocycles. The van der Waals surface area contributed by atoms with Crippen molar-refractivity contribution in [2.24, 2.45) is 0 Å². The maximum atomic E-state index is 14.2. The van der Waals surface area contributed by atoms with Gasteiger partial charge in [0.05, 0.1) is 59.5 Å². The zero-order valence-corrected chi connectivity index (χ0v) is 14.9. The largest absolute Gasteiger partial charge is 0.465 e. The van der Waals surface area contributed by atoms with E-state index in [9.17, 15) is 18.4 Å². The Morgan fingerprint density at radius 1 is 0.750 bits per heavy atom. The summed E-state index contributed by atoms with van der Waals surface area (Å²) in [5.74, 6) is -3.91. The van der Waals surface area contributed by atoms with Crippen molar-refractivity contribution in [3.63, 3.8) is 0 Å². The third-order valence-corrected chi connectivity index (χ3v) is 3.83. The fraction of sp³-hybridized carbons (Fsp3) is 0.125. The van der Waals surface area contributed by atoms with Gasteiger partial charge in [0, 0.05) is 0 Å². The van der Waals surface area contributed by atoms with E-state index in [1.165, 1.54) is 0 Å². The molecule has 0 aliphatic heterocycles. The second-order valence-corrected chi connectivity index (χ2v) is 5.46. The van der Waals surface area contributed by atoms with Crippen molar-refractivity contribution in [3.8, 4) is 0 Å². The van der Waals surface area contributed by atoms with E-state index in [0.717, 1.165) is 26.4 Å². The van der Waals surface area contributed by atoms with Gasteiger partial charge in [-0.05, 0) is 12.1 Å². The molecule has 0 bridgehead atoms. The molecule has 10 nitrogen and oxygen atoms in total. The molecule has 10 N–H and O–H groups in total. The minimum absolute atomic E-state index is 0.122. The number of methoxy groups -OCH3 is 2. The summed E-state index contributed by atoms with van der Waals surface area (Å²) in [6.07, 6.45) is 0. The Labute approximate surface area is 157 Å². The molecule has 0 aliphatic carbocycles. The predicted octanol–water partition coefficient (Wildman–Crippen LogP) is 1.31. The maximum absolute atomic E-state index is 14.2. The number of carbonyl (C=O) groups is 2. The Balaban J connectivity index is 2.44. The van der Waals surface area contributed by atoms with Gasteiger partial charge < -0.3 is 32.4 Å². The Kier molecular flexibility index (Phi) is 5.62. The van der Waals surface area contributed by atoms with Gasteiger partial charge in [0.1, 0.15) is 0 Å². The number of esters is 2. The molecule has 150 valence electrons. The van der Waals surface area contributed by atoms with E-state index in [0.29, 0.717) is 0 Å². The van der Waals surface area contributed by atoms with Gasteiger partial charge in [-0.1, -0.05) is 0 Å². The van der Waals surface area contributed by atoms with Crippen molar-refractivity contribution in [3.05, 3.63) is 34.9 Å². The Hall–Kier alpha value is -3.96. The first kappa shape index (κ1) is 20.4. The minimum atomic E-state index is -1.06. The van der Waals surface area contributed by atoms with Crippen molar-refractivity contribution in [1.82, 2.24) is 0 Å². The average molecular weight is 396 g/mol. The zero-order valence-electron chi connectivity index (χ0n) is 14.9. The van der Waals surface area contributed by atoms with E-state index in [2.05, 4.69) is 20.3 Å². The normalized spacial score (nSPS) is 10.3. The minimum Gasteiger partial charge on any atom is -0.465 e. The number of benzene rings is 2. The van der Waals surface area contributed by atoms with Gasteiger partial charge in [0.25, 0.3) is 0 Å². The van der Waals surface area contributed by atoms with Gasteiger partial charge in [-0.2, -0.15) is 0 Å². The number of hydrogen-bond acceptors (Lipinski definition) is 10. The fourth-order valence-corrected chi connectivity index (χ4v) is 2.26. The van der Waals surface area contributed by atoms with E-state index < -0.39 is 46.3 Å². The molecule has 0 aromatic heterocycles. The predicted molar refractivity (Wildman–Crippen MR) is 100 cm³/mol. The molecule has 0 unspecified atom stereocenters. The highest BCUT2D eigenvalue weighted by atomic mass is 19.1. The van der Waals surface area contributed by atoms with Crippen LogP contribution in [0.2, 0.25) is 0 Å². The van der Waals surface area contributed by atoms with Crippen LogP contribution in [0.5, 0.6) is 0 Å². The summed E-state index contributed by atoms with van der Waals surface area (Å²) in [6, 6.07) is 2.25. The third kappa shape index (κ3) is 3.47. The number of hydrogen-bond donors (Lipinski definition) is 6. The molecule has 0 atom stereocenters. The van der Waals surface area contributed by atoms with Crippen LogP contribution in [0.1, 0.15) is 20.7 Å². The molecular formula is C16H18F2N6O4. The van der Waals surface area contributed by atoms with Gasteiger partial charge >= 0.3 is 11.9 Å². The first-order chi connectivity index (χ1) is 13.1. The number of halogens is 2. The lowest BCUT2D eigenvalue weighted by Crippen LogP contribution is -2.17. The number of nitrogen functional groups attached to an aromatic ring is 4. The van der Waals surface area contributed by atoms with Crippen molar-refractivity contribution < 1.29 is 27.8 Å². The maximum Gasteiger partial charge on any atom is 0.340 e. The average Bonchev–Trinajstić information content (AvgIpc) is 2.69. The van der Waals surface area contributed by atoms with Crippen molar-refractivity contribution in [2.75, 3.05) is 48.0 Å². The van der Waals surface area contributed by atoms with Gasteiger partial charge in [-0.25, -0.2) is 18.4 Å². The SMILES string of the molecule is COC(=O)c1cc(NNc2cc(C(=O)OC)c(N)c(F)c2N)c(N)c(F)c1N. The first-order valence-corrected chi connectivity index (χ1v) is 7.57. The van der Waals surface area contributed by atoms with Crippen LogP contribution in [0.3, 0.4) is 0 Å². The summed E-state index contributed by atoms with van der Waals surface area (Å²) in [4.78, 5) is 23.4. The number of ether oxygens (including phenoxy) is 2. The Morgan fingerprint density at radius 2 is 1.07 bits per heavy atom. The van der Waals surface area contributed by atoms with Crippen LogP contribution in [0, 0.1) is 11.6 Å². The molecule has 0 heterocycles. The van der Waals surface area contributed by atoms with Crippen molar-refractivity contribution in [2.45, 2.75) is 0 Å². The topological polar surface area (TPSA) is 181 Å². The van der Waals surface area contributed by atoms with E-state index >= 15 is 0 Å². The molecule has 28 heavy (non-hydrogen) atoms. The van der Waals surface area contributed by atoms with Gasteiger partial charge in [0.2, 0.25) is 0 Å². The number of carbonyl (C=O) groups excluding carboxylic acids is 2. The number of rotatable bonds is 5. The van der Waals surface area contributed by atoms with Crippen LogP contribution < -0.4 is 33.8 Å². The highest BCUT2D eigenvalue weighted by molar-refractivity contribution is 5.99. The Morgan fingerprint density at radius 3 is 1.36 bits per heavy atom. The highest BCUT2D eigenvalue weighted by Crippen LogP contribution is 2.33. The van der Waals surface area contributed by atoms with Crippen LogP contribution in [0.25, 0.3) is 0 Å². The molecule has 0 fully saturated rings. The van der Waals surface area contributed by atoms with Crippen LogP contribution in [-0.4, -0.2) is 26.2 Å². The molecule has 2 aromatic rings. The summed E-state index contributed by atoms with van der Waals surface area (Å²) in [7, 11) is 2.18. The van der Waals surface area contributed by atoms with Crippen molar-refractivity contribution in [1.29, 1.82) is 0 Å². The second kappa shape index (κ2) is 7.73. The summed E-state index contributed by atoms with van der Waals surface area (Å²) >= 11 is 0. The molecular weight excluding hydrogens is 378 g/mol. The molecule has 12 heteroatoms. The number of nitrogens with two attached hydrogens (primary N) is 4. The van der Waals surface area contributed by atoms with Gasteiger partial charge in [-0.15, -0.1) is 0 Å². The van der Waals surface area contributed by atoms with Crippen LogP contribution in [0.15, 0.2) is 12.1 Å². The van der Waals surface area contributed by atoms with E-state index in [1.807, 2.05) is 0 Å². The van der Waals surface area contributed by atoms with Crippen LogP contribution >= 0.6 is 0 Å². The highest BCUT2D eigenvalue weighted by Gasteiger charge is 2.22. The molecule has 0 spiro atoms. The smallest absolute Gasteiger partial charge is 0.340 e. The molecule has 0 radical (unpaired) electrons. The molecule has 2 aromatic carbocycles. The van der Waals surface area contributed by atoms with E-state index in [1.54, 1.807) is 0 Å². The molecule has 0 aliphatic rings. The lowest BCUT2D eigenvalue weighted by molar-refractivity contribution is 0.0592. The molecule has 2 rings (SSSR count). The Bertz CT molecular complexity index is 890. The lowest BCUT2D eigenvalue weighted by Gasteiger charge is -2.18. The van der Waals surface area contributed by atoms with Gasteiger partial charge in [-0.3, -0.25) is 10.9 Å². The number of anilines is 6. The third-order valence-electron chi connectivity index (χ3n) is 3.83. The number of hydrazine groups is 1. The monoisotopic (exact) mass is 396 g/mol. The summed E-state index contributed by atoms with van der Waals surface area (Å²) in [6.45, 7) is 0. The van der Waals surface area contributed by atoms with Crippen LogP contribution in [0.4, 0.5) is 42.9 Å². The zero-order chi connectivity index (χ0) is 21.2. The lowest BCUT2D eigenvalue weighted by atomic mass is 10.1. The standard InChI is InChI=1S/C16H18F2N6O4/c1-27-15(25)5-3-7(13(21)9(17)11(5)19)23-24-8-4-6(16(26)28-2)12(20)10(18)14(8)22/h3-4,23-24H,19-22H2,1-2H3. The summed E-state index contributed by atoms with van der Waals surface area (Å²) in [5.41, 5.74) is 24.6. The molecule has 0 amide bonds.